The maximum Gasteiger partial charge on any atom is 0.148 e. The zero-order chi connectivity index (χ0) is 17.5. The van der Waals surface area contributed by atoms with Crippen LogP contribution < -0.4 is 0 Å². The molecule has 25 heavy (non-hydrogen) atoms. The Morgan fingerprint density at radius 1 is 0.960 bits per heavy atom. The third-order valence-corrected chi connectivity index (χ3v) is 6.69. The first-order chi connectivity index (χ1) is 12.0. The van der Waals surface area contributed by atoms with Crippen LogP contribution in [-0.2, 0) is 5.60 Å². The molecule has 4 heteroatoms. The standard InChI is InChI=1S/C21H28N3O/c1-24(2)17-9-10-18(24)14-16(13-17)15-21(25,19-7-3-5-11-22-19)20-8-4-6-12-23-20/h3-8,11-12,16-18,25H,9-10,13-15H2,1-2H3/q+1/t17-,18-/m0/s1. The molecule has 2 aromatic heterocycles. The molecule has 4 nitrogen and oxygen atoms in total. The number of hydrogen-bond donors (Lipinski definition) is 1. The predicted molar refractivity (Wildman–Crippen MR) is 97.7 cm³/mol. The van der Waals surface area contributed by atoms with Gasteiger partial charge in [0.05, 0.1) is 37.6 Å². The Hall–Kier alpha value is -1.78. The zero-order valence-electron chi connectivity index (χ0n) is 15.2. The van der Waals surface area contributed by atoms with E-state index in [0.717, 1.165) is 16.6 Å². The number of aromatic nitrogens is 2. The first-order valence-electron chi connectivity index (χ1n) is 9.39. The summed E-state index contributed by atoms with van der Waals surface area (Å²) in [5.74, 6) is 0.512. The lowest BCUT2D eigenvalue weighted by atomic mass is 9.78. The molecule has 0 amide bonds. The maximum atomic E-state index is 11.7. The van der Waals surface area contributed by atoms with Crippen LogP contribution in [0.5, 0.6) is 0 Å². The highest BCUT2D eigenvalue weighted by molar-refractivity contribution is 5.27. The number of hydrogen-bond acceptors (Lipinski definition) is 3. The molecule has 2 fully saturated rings. The second-order valence-electron chi connectivity index (χ2n) is 8.35. The Morgan fingerprint density at radius 2 is 1.48 bits per heavy atom. The Kier molecular flexibility index (Phi) is 4.13. The van der Waals surface area contributed by atoms with E-state index in [9.17, 15) is 5.11 Å². The van der Waals surface area contributed by atoms with Gasteiger partial charge in [-0.3, -0.25) is 9.97 Å². The van der Waals surface area contributed by atoms with Crippen LogP contribution in [0, 0.1) is 5.92 Å². The molecule has 2 aliphatic heterocycles. The number of aliphatic hydroxyl groups is 1. The number of nitrogens with zero attached hydrogens (tertiary/aromatic N) is 3. The summed E-state index contributed by atoms with van der Waals surface area (Å²) >= 11 is 0. The van der Waals surface area contributed by atoms with Gasteiger partial charge in [-0.25, -0.2) is 0 Å². The first kappa shape index (κ1) is 16.7. The minimum Gasteiger partial charge on any atom is -0.377 e. The smallest absolute Gasteiger partial charge is 0.148 e. The van der Waals surface area contributed by atoms with E-state index in [1.807, 2.05) is 36.4 Å². The summed E-state index contributed by atoms with van der Waals surface area (Å²) in [4.78, 5) is 8.96. The van der Waals surface area contributed by atoms with Gasteiger partial charge in [-0.2, -0.15) is 0 Å². The van der Waals surface area contributed by atoms with Gasteiger partial charge in [0.15, 0.2) is 0 Å². The lowest BCUT2D eigenvalue weighted by Gasteiger charge is -2.45. The monoisotopic (exact) mass is 338 g/mol. The molecule has 2 aromatic rings. The Balaban J connectivity index is 1.65. The molecule has 0 aliphatic carbocycles. The van der Waals surface area contributed by atoms with Crippen LogP contribution in [0.4, 0.5) is 0 Å². The molecule has 0 radical (unpaired) electrons. The normalized spacial score (nSPS) is 28.0. The van der Waals surface area contributed by atoms with Gasteiger partial charge in [-0.05, 0) is 36.6 Å². The van der Waals surface area contributed by atoms with Crippen LogP contribution in [0.3, 0.4) is 0 Å². The molecular formula is C21H28N3O+. The molecule has 0 spiro atoms. The van der Waals surface area contributed by atoms with Gasteiger partial charge in [0, 0.05) is 38.1 Å². The van der Waals surface area contributed by atoms with Crippen molar-refractivity contribution in [3.05, 3.63) is 60.2 Å². The van der Waals surface area contributed by atoms with Crippen molar-refractivity contribution < 1.29 is 9.59 Å². The SMILES string of the molecule is C[N+]1(C)[C@H]2CC[C@H]1CC(CC(O)(c1ccccn1)c1ccccn1)C2. The molecule has 2 aliphatic rings. The summed E-state index contributed by atoms with van der Waals surface area (Å²) in [6.45, 7) is 0. The van der Waals surface area contributed by atoms with Crippen molar-refractivity contribution in [2.75, 3.05) is 14.1 Å². The summed E-state index contributed by atoms with van der Waals surface area (Å²) < 4.78 is 1.15. The van der Waals surface area contributed by atoms with E-state index in [-0.39, 0.29) is 0 Å². The molecule has 2 saturated heterocycles. The highest BCUT2D eigenvalue weighted by Gasteiger charge is 2.50. The van der Waals surface area contributed by atoms with Crippen molar-refractivity contribution in [3.63, 3.8) is 0 Å². The van der Waals surface area contributed by atoms with Crippen molar-refractivity contribution in [2.45, 2.75) is 49.8 Å². The Morgan fingerprint density at radius 3 is 1.92 bits per heavy atom. The number of pyridine rings is 2. The predicted octanol–water partition coefficient (Wildman–Crippen LogP) is 3.12. The van der Waals surface area contributed by atoms with Crippen LogP contribution in [0.1, 0.15) is 43.5 Å². The molecule has 1 N–H and O–H groups in total. The fraction of sp³-hybridized carbons (Fsp3) is 0.524. The minimum atomic E-state index is -1.11. The molecule has 0 aromatic carbocycles. The molecule has 0 unspecified atom stereocenters. The summed E-state index contributed by atoms with van der Waals surface area (Å²) in [6.07, 6.45) is 9.23. The van der Waals surface area contributed by atoms with Gasteiger partial charge >= 0.3 is 0 Å². The Labute approximate surface area is 150 Å². The molecule has 4 heterocycles. The second kappa shape index (κ2) is 6.19. The van der Waals surface area contributed by atoms with E-state index >= 15 is 0 Å². The third-order valence-electron chi connectivity index (χ3n) is 6.69. The molecular weight excluding hydrogens is 310 g/mol. The van der Waals surface area contributed by atoms with Crippen LogP contribution in [0.15, 0.2) is 48.8 Å². The highest BCUT2D eigenvalue weighted by atomic mass is 16.3. The summed E-state index contributed by atoms with van der Waals surface area (Å²) in [7, 11) is 4.75. The van der Waals surface area contributed by atoms with Crippen molar-refractivity contribution in [2.24, 2.45) is 5.92 Å². The van der Waals surface area contributed by atoms with Crippen LogP contribution in [-0.4, -0.2) is 45.7 Å². The van der Waals surface area contributed by atoms with E-state index in [1.54, 1.807) is 12.4 Å². The first-order valence-corrected chi connectivity index (χ1v) is 9.39. The summed E-state index contributed by atoms with van der Waals surface area (Å²) in [6, 6.07) is 13.0. The largest absolute Gasteiger partial charge is 0.377 e. The lowest BCUT2D eigenvalue weighted by Crippen LogP contribution is -2.55. The fourth-order valence-electron chi connectivity index (χ4n) is 5.13. The van der Waals surface area contributed by atoms with Crippen molar-refractivity contribution in [3.8, 4) is 0 Å². The van der Waals surface area contributed by atoms with E-state index in [2.05, 4.69) is 24.1 Å². The average molecular weight is 338 g/mol. The number of fused-ring (bicyclic) bond motifs is 2. The van der Waals surface area contributed by atoms with Gasteiger partial charge in [-0.1, -0.05) is 12.1 Å². The quantitative estimate of drug-likeness (QED) is 0.871. The average Bonchev–Trinajstić information content (AvgIpc) is 2.80. The number of quaternary nitrogens is 1. The van der Waals surface area contributed by atoms with Crippen molar-refractivity contribution >= 4 is 0 Å². The molecule has 0 saturated carbocycles. The van der Waals surface area contributed by atoms with Gasteiger partial charge < -0.3 is 9.59 Å². The minimum absolute atomic E-state index is 0.512. The Bertz CT molecular complexity index is 661. The number of piperidine rings is 1. The van der Waals surface area contributed by atoms with Crippen LogP contribution >= 0.6 is 0 Å². The van der Waals surface area contributed by atoms with E-state index in [1.165, 1.54) is 25.7 Å². The molecule has 2 bridgehead atoms. The molecule has 132 valence electrons. The van der Waals surface area contributed by atoms with Gasteiger partial charge in [-0.15, -0.1) is 0 Å². The topological polar surface area (TPSA) is 46.0 Å². The van der Waals surface area contributed by atoms with Gasteiger partial charge in [0.25, 0.3) is 0 Å². The van der Waals surface area contributed by atoms with Crippen LogP contribution in [0.2, 0.25) is 0 Å². The third kappa shape index (κ3) is 2.87. The highest BCUT2D eigenvalue weighted by Crippen LogP contribution is 2.46. The number of rotatable bonds is 4. The zero-order valence-corrected chi connectivity index (χ0v) is 15.2. The van der Waals surface area contributed by atoms with E-state index in [4.69, 9.17) is 0 Å². The van der Waals surface area contributed by atoms with E-state index in [0.29, 0.717) is 23.7 Å². The van der Waals surface area contributed by atoms with Gasteiger partial charge in [0.1, 0.15) is 5.60 Å². The van der Waals surface area contributed by atoms with Crippen LogP contribution in [0.25, 0.3) is 0 Å². The maximum absolute atomic E-state index is 11.7. The lowest BCUT2D eigenvalue weighted by molar-refractivity contribution is -0.931. The van der Waals surface area contributed by atoms with Crippen molar-refractivity contribution in [1.29, 1.82) is 0 Å². The van der Waals surface area contributed by atoms with Crippen molar-refractivity contribution in [1.82, 2.24) is 9.97 Å². The van der Waals surface area contributed by atoms with E-state index < -0.39 is 5.60 Å². The van der Waals surface area contributed by atoms with Gasteiger partial charge in [0.2, 0.25) is 0 Å². The summed E-state index contributed by atoms with van der Waals surface area (Å²) in [5, 5.41) is 11.7. The molecule has 4 rings (SSSR count). The molecule has 2 atom stereocenters. The second-order valence-corrected chi connectivity index (χ2v) is 8.35. The summed E-state index contributed by atoms with van der Waals surface area (Å²) in [5.41, 5.74) is 0.307. The fourth-order valence-corrected chi connectivity index (χ4v) is 5.13.